The van der Waals surface area contributed by atoms with E-state index in [-0.39, 0.29) is 17.8 Å². The summed E-state index contributed by atoms with van der Waals surface area (Å²) in [5.41, 5.74) is 6.47. The van der Waals surface area contributed by atoms with E-state index in [1.54, 1.807) is 6.07 Å². The molecule has 0 unspecified atom stereocenters. The van der Waals surface area contributed by atoms with Crippen LogP contribution in [0.1, 0.15) is 32.2 Å². The molecule has 0 atom stereocenters. The van der Waals surface area contributed by atoms with Crippen LogP contribution in [-0.4, -0.2) is 17.1 Å². The zero-order valence-electron chi connectivity index (χ0n) is 17.5. The van der Waals surface area contributed by atoms with Crippen molar-refractivity contribution in [2.24, 2.45) is 5.41 Å². The Bertz CT molecular complexity index is 1100. The van der Waals surface area contributed by atoms with Crippen LogP contribution in [0.15, 0.2) is 48.5 Å². The highest BCUT2D eigenvalue weighted by molar-refractivity contribution is 6.36. The van der Waals surface area contributed by atoms with Gasteiger partial charge in [-0.3, -0.25) is 4.79 Å². The van der Waals surface area contributed by atoms with Crippen molar-refractivity contribution in [3.8, 4) is 22.3 Å². The molecule has 0 fully saturated rings. The first-order valence-corrected chi connectivity index (χ1v) is 11.0. The van der Waals surface area contributed by atoms with Gasteiger partial charge in [0.25, 0.3) is 0 Å². The lowest BCUT2D eigenvalue weighted by Crippen LogP contribution is -2.16. The Balaban J connectivity index is 2.02. The van der Waals surface area contributed by atoms with Crippen LogP contribution in [0.2, 0.25) is 10.0 Å². The number of fused-ring (bicyclic) bond motifs is 1. The van der Waals surface area contributed by atoms with Gasteiger partial charge < -0.3 is 9.30 Å². The second-order valence-electron chi connectivity index (χ2n) is 8.54. The van der Waals surface area contributed by atoms with Crippen molar-refractivity contribution in [3.05, 3.63) is 70.0 Å². The number of halogens is 2. The molecule has 0 radical (unpaired) electrons. The summed E-state index contributed by atoms with van der Waals surface area (Å²) < 4.78 is 7.61. The first kappa shape index (κ1) is 21.0. The highest BCUT2D eigenvalue weighted by Crippen LogP contribution is 2.48. The van der Waals surface area contributed by atoms with Crippen LogP contribution in [0, 0.1) is 5.41 Å². The molecular formula is C25H25Cl2NO2. The first-order chi connectivity index (χ1) is 14.3. The minimum absolute atomic E-state index is 0.116. The molecule has 0 aliphatic carbocycles. The summed E-state index contributed by atoms with van der Waals surface area (Å²) in [6, 6.07) is 15.9. The van der Waals surface area contributed by atoms with Crippen molar-refractivity contribution in [1.29, 1.82) is 0 Å². The smallest absolute Gasteiger partial charge is 0.311 e. The fraction of sp³-hybridized carbons (Fsp3) is 0.320. The number of nitrogens with zero attached hydrogens (tertiary/aromatic N) is 1. The summed E-state index contributed by atoms with van der Waals surface area (Å²) >= 11 is 12.8. The molecule has 3 nitrogen and oxygen atoms in total. The van der Waals surface area contributed by atoms with Crippen LogP contribution < -0.4 is 0 Å². The minimum atomic E-state index is -0.228. The van der Waals surface area contributed by atoms with Gasteiger partial charge in [0.15, 0.2) is 0 Å². The minimum Gasteiger partial charge on any atom is -0.466 e. The van der Waals surface area contributed by atoms with Crippen LogP contribution in [0.3, 0.4) is 0 Å². The number of aromatic nitrogens is 1. The lowest BCUT2D eigenvalue weighted by molar-refractivity contribution is -0.142. The first-order valence-electron chi connectivity index (χ1n) is 10.2. The van der Waals surface area contributed by atoms with E-state index in [2.05, 4.69) is 30.5 Å². The molecule has 2 aromatic carbocycles. The van der Waals surface area contributed by atoms with E-state index in [1.165, 1.54) is 5.69 Å². The van der Waals surface area contributed by atoms with E-state index in [4.69, 9.17) is 27.9 Å². The Hall–Kier alpha value is -2.23. The molecule has 30 heavy (non-hydrogen) atoms. The van der Waals surface area contributed by atoms with Gasteiger partial charge in [-0.15, -0.1) is 0 Å². The topological polar surface area (TPSA) is 31.2 Å². The van der Waals surface area contributed by atoms with E-state index in [0.29, 0.717) is 16.7 Å². The third-order valence-corrected chi connectivity index (χ3v) is 6.14. The SMILES string of the molecule is CCOC(=O)Cc1c(-c2ccc(Cl)cc2Cl)c(-c2ccccc2)c2n1CC(C)(C)C2. The molecule has 1 aliphatic heterocycles. The number of hydrogen-bond donors (Lipinski definition) is 0. The van der Waals surface area contributed by atoms with E-state index < -0.39 is 0 Å². The summed E-state index contributed by atoms with van der Waals surface area (Å²) in [5, 5.41) is 1.16. The highest BCUT2D eigenvalue weighted by atomic mass is 35.5. The molecule has 0 saturated heterocycles. The number of carbonyl (C=O) groups is 1. The van der Waals surface area contributed by atoms with Crippen molar-refractivity contribution in [3.63, 3.8) is 0 Å². The standard InChI is InChI=1S/C25H25Cl2NO2/c1-4-30-22(29)13-20-24(18-11-10-17(26)12-19(18)27)23(16-8-6-5-7-9-16)21-14-25(2,3)15-28(20)21/h5-12H,4,13-15H2,1-3H3. The molecule has 0 bridgehead atoms. The van der Waals surface area contributed by atoms with Gasteiger partial charge in [0, 0.05) is 44.7 Å². The summed E-state index contributed by atoms with van der Waals surface area (Å²) in [6.45, 7) is 7.56. The van der Waals surface area contributed by atoms with E-state index in [1.807, 2.05) is 37.3 Å². The number of benzene rings is 2. The summed E-state index contributed by atoms with van der Waals surface area (Å²) in [5.74, 6) is -0.228. The molecule has 4 rings (SSSR count). The summed E-state index contributed by atoms with van der Waals surface area (Å²) in [6.07, 6.45) is 1.14. The Morgan fingerprint density at radius 2 is 1.83 bits per heavy atom. The van der Waals surface area contributed by atoms with Gasteiger partial charge in [-0.1, -0.05) is 73.4 Å². The van der Waals surface area contributed by atoms with Crippen molar-refractivity contribution in [1.82, 2.24) is 4.57 Å². The predicted molar refractivity (Wildman–Crippen MR) is 123 cm³/mol. The Labute approximate surface area is 187 Å². The lowest BCUT2D eigenvalue weighted by Gasteiger charge is -2.19. The van der Waals surface area contributed by atoms with E-state index in [9.17, 15) is 4.79 Å². The molecule has 0 N–H and O–H groups in total. The molecule has 0 saturated carbocycles. The molecule has 0 spiro atoms. The number of carbonyl (C=O) groups excluding carboxylic acids is 1. The monoisotopic (exact) mass is 441 g/mol. The molecule has 1 aromatic heterocycles. The van der Waals surface area contributed by atoms with E-state index >= 15 is 0 Å². The molecule has 1 aliphatic rings. The van der Waals surface area contributed by atoms with Gasteiger partial charge in [-0.05, 0) is 36.5 Å². The molecule has 5 heteroatoms. The summed E-state index contributed by atoms with van der Waals surface area (Å²) in [4.78, 5) is 12.6. The normalized spacial score (nSPS) is 14.6. The molecule has 0 amide bonds. The molecular weight excluding hydrogens is 417 g/mol. The van der Waals surface area contributed by atoms with Crippen molar-refractivity contribution >= 4 is 29.2 Å². The highest BCUT2D eigenvalue weighted by Gasteiger charge is 2.37. The van der Waals surface area contributed by atoms with Crippen molar-refractivity contribution < 1.29 is 9.53 Å². The maximum atomic E-state index is 12.6. The second-order valence-corrected chi connectivity index (χ2v) is 9.39. The molecule has 3 aromatic rings. The fourth-order valence-corrected chi connectivity index (χ4v) is 4.97. The Kier molecular flexibility index (Phi) is 5.69. The third-order valence-electron chi connectivity index (χ3n) is 5.59. The number of ether oxygens (including phenoxy) is 1. The van der Waals surface area contributed by atoms with Crippen LogP contribution in [0.4, 0.5) is 0 Å². The van der Waals surface area contributed by atoms with Gasteiger partial charge in [0.05, 0.1) is 13.0 Å². The number of rotatable bonds is 5. The molecule has 2 heterocycles. The zero-order valence-corrected chi connectivity index (χ0v) is 19.0. The van der Waals surface area contributed by atoms with Crippen LogP contribution in [0.5, 0.6) is 0 Å². The third kappa shape index (κ3) is 3.89. The quantitative estimate of drug-likeness (QED) is 0.406. The maximum absolute atomic E-state index is 12.6. The molecule has 156 valence electrons. The number of hydrogen-bond acceptors (Lipinski definition) is 2. The largest absolute Gasteiger partial charge is 0.466 e. The maximum Gasteiger partial charge on any atom is 0.311 e. The van der Waals surface area contributed by atoms with E-state index in [0.717, 1.165) is 40.9 Å². The summed E-state index contributed by atoms with van der Waals surface area (Å²) in [7, 11) is 0. The predicted octanol–water partition coefficient (Wildman–Crippen LogP) is 6.82. The fourth-order valence-electron chi connectivity index (χ4n) is 4.46. The van der Waals surface area contributed by atoms with Gasteiger partial charge in [0.2, 0.25) is 0 Å². The number of esters is 1. The van der Waals surface area contributed by atoms with Gasteiger partial charge >= 0.3 is 5.97 Å². The Morgan fingerprint density at radius 3 is 2.50 bits per heavy atom. The van der Waals surface area contributed by atoms with Crippen molar-refractivity contribution in [2.75, 3.05) is 6.61 Å². The van der Waals surface area contributed by atoms with Crippen LogP contribution in [0.25, 0.3) is 22.3 Å². The van der Waals surface area contributed by atoms with Crippen LogP contribution in [-0.2, 0) is 28.9 Å². The average Bonchev–Trinajstić information content (AvgIpc) is 3.14. The zero-order chi connectivity index (χ0) is 21.5. The van der Waals surface area contributed by atoms with Gasteiger partial charge in [0.1, 0.15) is 0 Å². The Morgan fingerprint density at radius 1 is 1.10 bits per heavy atom. The van der Waals surface area contributed by atoms with Crippen molar-refractivity contribution in [2.45, 2.75) is 40.2 Å². The van der Waals surface area contributed by atoms with Crippen LogP contribution >= 0.6 is 23.2 Å². The van der Waals surface area contributed by atoms with Gasteiger partial charge in [-0.25, -0.2) is 0 Å². The average molecular weight is 442 g/mol. The lowest BCUT2D eigenvalue weighted by atomic mass is 9.86. The second kappa shape index (κ2) is 8.13. The van der Waals surface area contributed by atoms with Gasteiger partial charge in [-0.2, -0.15) is 0 Å².